The van der Waals surface area contributed by atoms with Gasteiger partial charge in [0.2, 0.25) is 5.71 Å². The van der Waals surface area contributed by atoms with Crippen LogP contribution < -0.4 is 5.19 Å². The molecule has 0 saturated carbocycles. The minimum Gasteiger partial charge on any atom is -0.458 e. The van der Waals surface area contributed by atoms with Crippen molar-refractivity contribution in [1.82, 2.24) is 19.5 Å². The predicted molar refractivity (Wildman–Crippen MR) is 263 cm³/mol. The van der Waals surface area contributed by atoms with E-state index in [4.69, 9.17) is 14.9 Å². The summed E-state index contributed by atoms with van der Waals surface area (Å²) in [6, 6.07) is 42.7. The van der Waals surface area contributed by atoms with Crippen LogP contribution in [0.1, 0.15) is 98.3 Å². The predicted octanol–water partition coefficient (Wildman–Crippen LogP) is 14.7. The van der Waals surface area contributed by atoms with E-state index in [1.54, 1.807) is 26.1 Å². The number of nitrogens with zero attached hydrogens (tertiary/aromatic N) is 4. The molecular weight excluding hydrogens is 984 g/mol. The second-order valence-corrected chi connectivity index (χ2v) is 23.3. The van der Waals surface area contributed by atoms with Crippen LogP contribution in [0.25, 0.3) is 66.9 Å². The SMILES string of the molecule is Cc1ccc2c(n1)oc1cc(-c3nc4ccccc4n3Cc3c(C(C)C)cc(-c4ccccc4)cc3C(C)C)[c-]cc12.[2H]C([2H])([2H])c1cc[c-]c(-c2cc(C([2H])(C)C)c([Si](C)(C)C)cn2)c1F.[Ir]. The Morgan fingerprint density at radius 2 is 1.50 bits per heavy atom. The van der Waals surface area contributed by atoms with Crippen molar-refractivity contribution in [3.8, 4) is 33.8 Å². The molecule has 0 aliphatic carbocycles. The fourth-order valence-corrected chi connectivity index (χ4v) is 9.99. The Labute approximate surface area is 398 Å². The zero-order chi connectivity index (χ0) is 48.2. The molecule has 4 heterocycles. The molecule has 0 saturated heterocycles. The van der Waals surface area contributed by atoms with E-state index in [1.165, 1.54) is 39.9 Å². The molecule has 4 aromatic heterocycles. The van der Waals surface area contributed by atoms with Gasteiger partial charge in [-0.3, -0.25) is 9.37 Å². The van der Waals surface area contributed by atoms with Gasteiger partial charge in [0.05, 0.1) is 30.5 Å². The van der Waals surface area contributed by atoms with Crippen LogP contribution >= 0.6 is 0 Å². The van der Waals surface area contributed by atoms with Gasteiger partial charge in [-0.2, -0.15) is 0 Å². The third kappa shape index (κ3) is 9.33. The minimum absolute atomic E-state index is 0. The van der Waals surface area contributed by atoms with Crippen LogP contribution in [0.5, 0.6) is 0 Å². The monoisotopic (exact) mass is 1050 g/mol. The summed E-state index contributed by atoms with van der Waals surface area (Å²) >= 11 is 0. The smallest absolute Gasteiger partial charge is 0.215 e. The van der Waals surface area contributed by atoms with Gasteiger partial charge in [0, 0.05) is 55.2 Å². The van der Waals surface area contributed by atoms with Crippen molar-refractivity contribution in [2.75, 3.05) is 0 Å². The van der Waals surface area contributed by atoms with Crippen molar-refractivity contribution in [1.29, 1.82) is 0 Å². The normalized spacial score (nSPS) is 13.1. The number of pyridine rings is 2. The molecule has 0 spiro atoms. The first-order valence-corrected chi connectivity index (χ1v) is 25.2. The first-order valence-electron chi connectivity index (χ1n) is 23.7. The number of hydrogen-bond donors (Lipinski definition) is 0. The number of aromatic nitrogens is 4. The number of fused-ring (bicyclic) bond motifs is 4. The summed E-state index contributed by atoms with van der Waals surface area (Å²) in [6.07, 6.45) is 1.71. The van der Waals surface area contributed by atoms with Crippen LogP contribution in [0.3, 0.4) is 0 Å². The van der Waals surface area contributed by atoms with E-state index in [-0.39, 0.29) is 31.2 Å². The van der Waals surface area contributed by atoms with E-state index in [9.17, 15) is 4.39 Å². The Balaban J connectivity index is 0.000000227. The molecule has 0 bridgehead atoms. The Kier molecular flexibility index (Phi) is 12.2. The van der Waals surface area contributed by atoms with E-state index >= 15 is 0 Å². The van der Waals surface area contributed by atoms with Crippen LogP contribution in [0, 0.1) is 31.7 Å². The first-order chi connectivity index (χ1) is 31.6. The fourth-order valence-electron chi connectivity index (χ4n) is 8.41. The van der Waals surface area contributed by atoms with Crippen LogP contribution in [0.15, 0.2) is 120 Å². The topological polar surface area (TPSA) is 56.7 Å². The third-order valence-corrected chi connectivity index (χ3v) is 13.7. The molecule has 0 atom stereocenters. The Morgan fingerprint density at radius 1 is 0.797 bits per heavy atom. The van der Waals surface area contributed by atoms with Crippen LogP contribution in [0.4, 0.5) is 4.39 Å². The zero-order valence-corrected chi connectivity index (χ0v) is 41.6. The van der Waals surface area contributed by atoms with E-state index in [0.29, 0.717) is 23.2 Å². The summed E-state index contributed by atoms with van der Waals surface area (Å²) in [5, 5.41) is 3.07. The van der Waals surface area contributed by atoms with Crippen LogP contribution in [0.2, 0.25) is 19.6 Å². The molecule has 329 valence electrons. The Hall–Kier alpha value is -5.53. The molecule has 64 heavy (non-hydrogen) atoms. The maximum Gasteiger partial charge on any atom is 0.215 e. The van der Waals surface area contributed by atoms with Gasteiger partial charge in [0.15, 0.2) is 0 Å². The first kappa shape index (κ1) is 41.2. The number of benzene rings is 5. The quantitative estimate of drug-likeness (QED) is 0.107. The van der Waals surface area contributed by atoms with E-state index < -0.39 is 26.6 Å². The van der Waals surface area contributed by atoms with Crippen molar-refractivity contribution in [2.24, 2.45) is 0 Å². The van der Waals surface area contributed by atoms with Gasteiger partial charge in [-0.25, -0.2) is 4.98 Å². The summed E-state index contributed by atoms with van der Waals surface area (Å²) in [7, 11) is -1.74. The number of halogens is 1. The molecule has 0 N–H and O–H groups in total. The van der Waals surface area contributed by atoms with Gasteiger partial charge in [-0.1, -0.05) is 163 Å². The molecule has 0 aliphatic heterocycles. The average molecular weight is 1050 g/mol. The van der Waals surface area contributed by atoms with Gasteiger partial charge in [-0.15, -0.1) is 35.9 Å². The molecule has 0 aliphatic rings. The van der Waals surface area contributed by atoms with Crippen molar-refractivity contribution in [3.63, 3.8) is 0 Å². The fraction of sp³-hybridized carbons (Fsp3) is 0.268. The van der Waals surface area contributed by atoms with Crippen molar-refractivity contribution < 1.29 is 34.4 Å². The van der Waals surface area contributed by atoms with Crippen molar-refractivity contribution in [2.45, 2.75) is 99.2 Å². The summed E-state index contributed by atoms with van der Waals surface area (Å²) in [5.74, 6) is -0.0721. The molecule has 9 rings (SSSR count). The number of rotatable bonds is 9. The molecule has 8 heteroatoms. The summed E-state index contributed by atoms with van der Waals surface area (Å²) in [5.41, 5.74) is 12.8. The molecule has 0 fully saturated rings. The Morgan fingerprint density at radius 3 is 2.17 bits per heavy atom. The Bertz CT molecular complexity index is 3250. The molecule has 5 aromatic carbocycles. The van der Waals surface area contributed by atoms with Crippen LogP contribution in [-0.4, -0.2) is 27.6 Å². The largest absolute Gasteiger partial charge is 0.458 e. The maximum atomic E-state index is 14.7. The van der Waals surface area contributed by atoms with E-state index in [0.717, 1.165) is 61.8 Å². The standard InChI is InChI=1S/C38H34N3O.C18H23FNSi.Ir/c1-23(2)31-19-28(26-11-7-6-8-12-26)20-32(24(3)4)33(31)22-41-35-14-10-9-13-34(35)40-37(41)27-16-18-29-30-17-15-25(5)39-38(30)42-36(29)21-27;1-12(2)15-10-16(20-11-17(15)21(4,5)6)14-9-7-8-13(3)18(14)19;/h6-15,17-21,23-24H,22H2,1-5H3;7-8,10-12H,1-6H3;/q2*-1;/i;3D3,12D;. The summed E-state index contributed by atoms with van der Waals surface area (Å²) in [4.78, 5) is 14.1. The summed E-state index contributed by atoms with van der Waals surface area (Å²) < 4.78 is 54.2. The van der Waals surface area contributed by atoms with Crippen LogP contribution in [-0.2, 0) is 26.7 Å². The zero-order valence-electron chi connectivity index (χ0n) is 42.2. The summed E-state index contributed by atoms with van der Waals surface area (Å²) in [6.45, 7) is 19.4. The average Bonchev–Trinajstić information content (AvgIpc) is 3.82. The molecular formula is C56H57FIrN4OSi-2. The third-order valence-electron chi connectivity index (χ3n) is 11.7. The molecule has 1 radical (unpaired) electrons. The number of aryl methyl sites for hydroxylation is 2. The molecule has 9 aromatic rings. The second kappa shape index (κ2) is 18.9. The van der Waals surface area contributed by atoms with Crippen molar-refractivity contribution in [3.05, 3.63) is 167 Å². The number of hydrogen-bond acceptors (Lipinski definition) is 4. The van der Waals surface area contributed by atoms with Gasteiger partial charge in [0.1, 0.15) is 0 Å². The van der Waals surface area contributed by atoms with E-state index in [1.807, 2.05) is 19.1 Å². The molecule has 5 nitrogen and oxygen atoms in total. The van der Waals surface area contributed by atoms with E-state index in [2.05, 4.69) is 153 Å². The van der Waals surface area contributed by atoms with Gasteiger partial charge >= 0.3 is 0 Å². The minimum atomic E-state index is -2.54. The van der Waals surface area contributed by atoms with Gasteiger partial charge in [0.25, 0.3) is 0 Å². The number of imidazole rings is 1. The number of furan rings is 1. The second-order valence-electron chi connectivity index (χ2n) is 18.3. The molecule has 0 unspecified atom stereocenters. The molecule has 0 amide bonds. The van der Waals surface area contributed by atoms with Gasteiger partial charge < -0.3 is 14.0 Å². The maximum absolute atomic E-state index is 14.7. The van der Waals surface area contributed by atoms with Gasteiger partial charge in [-0.05, 0) is 81.6 Å². The number of para-hydroxylation sites is 2. The van der Waals surface area contributed by atoms with Crippen molar-refractivity contribution >= 4 is 46.4 Å².